The molecular formula is C10H14F2N2O2. The third-order valence-electron chi connectivity index (χ3n) is 1.96. The number of alkyl halides is 2. The van der Waals surface area contributed by atoms with Crippen molar-refractivity contribution >= 4 is 5.97 Å². The number of esters is 1. The second-order valence-corrected chi connectivity index (χ2v) is 3.21. The molecule has 0 aliphatic rings. The van der Waals surface area contributed by atoms with Crippen molar-refractivity contribution in [1.29, 1.82) is 0 Å². The summed E-state index contributed by atoms with van der Waals surface area (Å²) in [5.41, 5.74) is -0.240. The van der Waals surface area contributed by atoms with Gasteiger partial charge in [-0.2, -0.15) is 5.10 Å². The van der Waals surface area contributed by atoms with Crippen LogP contribution in [-0.4, -0.2) is 22.4 Å². The van der Waals surface area contributed by atoms with Gasteiger partial charge in [-0.05, 0) is 19.4 Å². The fourth-order valence-electron chi connectivity index (χ4n) is 1.24. The largest absolute Gasteiger partial charge is 0.466 e. The average Bonchev–Trinajstić information content (AvgIpc) is 2.67. The van der Waals surface area contributed by atoms with Crippen LogP contribution in [0.25, 0.3) is 0 Å². The Balaban J connectivity index is 2.29. The molecule has 4 nitrogen and oxygen atoms in total. The first-order chi connectivity index (χ1) is 7.63. The quantitative estimate of drug-likeness (QED) is 0.706. The third-order valence-corrected chi connectivity index (χ3v) is 1.96. The second kappa shape index (κ2) is 6.19. The second-order valence-electron chi connectivity index (χ2n) is 3.21. The zero-order valence-electron chi connectivity index (χ0n) is 9.03. The first-order valence-corrected chi connectivity index (χ1v) is 5.10. The highest BCUT2D eigenvalue weighted by Crippen LogP contribution is 2.15. The lowest BCUT2D eigenvalue weighted by atomic mass is 10.3. The van der Waals surface area contributed by atoms with Crippen molar-refractivity contribution in [3.63, 3.8) is 0 Å². The lowest BCUT2D eigenvalue weighted by Crippen LogP contribution is -2.06. The van der Waals surface area contributed by atoms with E-state index in [1.807, 2.05) is 0 Å². The molecular weight excluding hydrogens is 218 g/mol. The minimum atomic E-state index is -2.55. The van der Waals surface area contributed by atoms with Gasteiger partial charge in [0.25, 0.3) is 6.43 Å². The van der Waals surface area contributed by atoms with E-state index >= 15 is 0 Å². The van der Waals surface area contributed by atoms with Crippen molar-refractivity contribution in [3.8, 4) is 0 Å². The van der Waals surface area contributed by atoms with Crippen LogP contribution in [0, 0.1) is 0 Å². The van der Waals surface area contributed by atoms with E-state index in [9.17, 15) is 13.6 Å². The highest BCUT2D eigenvalue weighted by molar-refractivity contribution is 5.69. The zero-order valence-corrected chi connectivity index (χ0v) is 9.03. The van der Waals surface area contributed by atoms with Gasteiger partial charge < -0.3 is 4.74 Å². The number of halogens is 2. The van der Waals surface area contributed by atoms with E-state index in [0.29, 0.717) is 19.6 Å². The van der Waals surface area contributed by atoms with Crippen LogP contribution in [0.1, 0.15) is 31.9 Å². The number of hydrogen-bond donors (Lipinski definition) is 0. The van der Waals surface area contributed by atoms with Crippen molar-refractivity contribution in [2.24, 2.45) is 0 Å². The van der Waals surface area contributed by atoms with E-state index in [4.69, 9.17) is 4.74 Å². The molecule has 1 aromatic rings. The molecule has 6 heteroatoms. The minimum absolute atomic E-state index is 0.240. The monoisotopic (exact) mass is 232 g/mol. The molecule has 0 unspecified atom stereocenters. The van der Waals surface area contributed by atoms with Crippen molar-refractivity contribution in [1.82, 2.24) is 9.78 Å². The standard InChI is InChI=1S/C10H14F2N2O2/c1-2-16-9(15)4-3-6-14-7-5-8(13-14)10(11)12/h5,7,10H,2-4,6H2,1H3. The maximum atomic E-state index is 12.2. The molecule has 1 aromatic heterocycles. The molecule has 16 heavy (non-hydrogen) atoms. The first kappa shape index (κ1) is 12.6. The van der Waals surface area contributed by atoms with Crippen molar-refractivity contribution in [3.05, 3.63) is 18.0 Å². The Morgan fingerprint density at radius 1 is 1.62 bits per heavy atom. The van der Waals surface area contributed by atoms with Gasteiger partial charge in [-0.3, -0.25) is 9.48 Å². The lowest BCUT2D eigenvalue weighted by molar-refractivity contribution is -0.143. The zero-order chi connectivity index (χ0) is 12.0. The molecule has 90 valence electrons. The maximum Gasteiger partial charge on any atom is 0.305 e. The van der Waals surface area contributed by atoms with E-state index in [0.717, 1.165) is 0 Å². The molecule has 0 atom stereocenters. The van der Waals surface area contributed by atoms with Gasteiger partial charge in [-0.1, -0.05) is 0 Å². The SMILES string of the molecule is CCOC(=O)CCCn1ccc(C(F)F)n1. The van der Waals surface area contributed by atoms with Crippen LogP contribution in [0.2, 0.25) is 0 Å². The summed E-state index contributed by atoms with van der Waals surface area (Å²) in [6.45, 7) is 2.53. The number of ether oxygens (including phenoxy) is 1. The molecule has 0 aromatic carbocycles. The van der Waals surface area contributed by atoms with Crippen LogP contribution in [0.3, 0.4) is 0 Å². The maximum absolute atomic E-state index is 12.2. The summed E-state index contributed by atoms with van der Waals surface area (Å²) in [5.74, 6) is -0.274. The van der Waals surface area contributed by atoms with Crippen LogP contribution in [-0.2, 0) is 16.1 Å². The molecule has 0 bridgehead atoms. The minimum Gasteiger partial charge on any atom is -0.466 e. The summed E-state index contributed by atoms with van der Waals surface area (Å²) in [7, 11) is 0. The van der Waals surface area contributed by atoms with Gasteiger partial charge in [0.1, 0.15) is 5.69 Å². The predicted molar refractivity (Wildman–Crippen MR) is 53.1 cm³/mol. The van der Waals surface area contributed by atoms with Gasteiger partial charge >= 0.3 is 5.97 Å². The summed E-state index contributed by atoms with van der Waals surface area (Å²) in [6.07, 6.45) is -0.264. The van der Waals surface area contributed by atoms with E-state index in [2.05, 4.69) is 5.10 Å². The molecule has 0 radical (unpaired) electrons. The highest BCUT2D eigenvalue weighted by Gasteiger charge is 2.10. The summed E-state index contributed by atoms with van der Waals surface area (Å²) < 4.78 is 30.5. The molecule has 0 saturated heterocycles. The first-order valence-electron chi connectivity index (χ1n) is 5.10. The van der Waals surface area contributed by atoms with Crippen molar-refractivity contribution in [2.45, 2.75) is 32.7 Å². The Bertz CT molecular complexity index is 339. The molecule has 0 saturated carbocycles. The fourth-order valence-corrected chi connectivity index (χ4v) is 1.24. The predicted octanol–water partition coefficient (Wildman–Crippen LogP) is 2.16. The van der Waals surface area contributed by atoms with Crippen LogP contribution < -0.4 is 0 Å². The Morgan fingerprint density at radius 3 is 2.94 bits per heavy atom. The summed E-state index contributed by atoms with van der Waals surface area (Å²) in [5, 5.41) is 3.67. The topological polar surface area (TPSA) is 44.1 Å². The highest BCUT2D eigenvalue weighted by atomic mass is 19.3. The van der Waals surface area contributed by atoms with Crippen molar-refractivity contribution < 1.29 is 18.3 Å². The number of aryl methyl sites for hydroxylation is 1. The van der Waals surface area contributed by atoms with Gasteiger partial charge in [0.15, 0.2) is 0 Å². The summed E-state index contributed by atoms with van der Waals surface area (Å²) in [6, 6.07) is 1.27. The molecule has 0 fully saturated rings. The normalized spacial score (nSPS) is 10.8. The Labute approximate surface area is 92.2 Å². The number of hydrogen-bond acceptors (Lipinski definition) is 3. The van der Waals surface area contributed by atoms with E-state index in [1.54, 1.807) is 6.92 Å². The van der Waals surface area contributed by atoms with Crippen molar-refractivity contribution in [2.75, 3.05) is 6.61 Å². The summed E-state index contributed by atoms with van der Waals surface area (Å²) in [4.78, 5) is 11.0. The number of aromatic nitrogens is 2. The molecule has 0 spiro atoms. The third kappa shape index (κ3) is 3.96. The van der Waals surface area contributed by atoms with Crippen LogP contribution >= 0.6 is 0 Å². The number of carbonyl (C=O) groups excluding carboxylic acids is 1. The number of nitrogens with zero attached hydrogens (tertiary/aromatic N) is 2. The van der Waals surface area contributed by atoms with Gasteiger partial charge in [-0.25, -0.2) is 8.78 Å². The van der Waals surface area contributed by atoms with Gasteiger partial charge in [0.2, 0.25) is 0 Å². The average molecular weight is 232 g/mol. The number of rotatable bonds is 6. The molecule has 1 rings (SSSR count). The Kier molecular flexibility index (Phi) is 4.88. The smallest absolute Gasteiger partial charge is 0.305 e. The Morgan fingerprint density at radius 2 is 2.38 bits per heavy atom. The molecule has 1 heterocycles. The Hall–Kier alpha value is -1.46. The lowest BCUT2D eigenvalue weighted by Gasteiger charge is -2.02. The van der Waals surface area contributed by atoms with E-state index < -0.39 is 6.43 Å². The van der Waals surface area contributed by atoms with Gasteiger partial charge in [0, 0.05) is 19.2 Å². The van der Waals surface area contributed by atoms with Crippen LogP contribution in [0.15, 0.2) is 12.3 Å². The van der Waals surface area contributed by atoms with Crippen LogP contribution in [0.4, 0.5) is 8.78 Å². The summed E-state index contributed by atoms with van der Waals surface area (Å²) >= 11 is 0. The molecule has 0 aliphatic carbocycles. The van der Waals surface area contributed by atoms with Gasteiger partial charge in [0.05, 0.1) is 6.61 Å². The van der Waals surface area contributed by atoms with E-state index in [-0.39, 0.29) is 18.1 Å². The van der Waals surface area contributed by atoms with E-state index in [1.165, 1.54) is 16.9 Å². The molecule has 0 N–H and O–H groups in total. The molecule has 0 aliphatic heterocycles. The number of carbonyl (C=O) groups is 1. The molecule has 0 amide bonds. The van der Waals surface area contributed by atoms with Gasteiger partial charge in [-0.15, -0.1) is 0 Å². The fraction of sp³-hybridized carbons (Fsp3) is 0.600. The van der Waals surface area contributed by atoms with Crippen LogP contribution in [0.5, 0.6) is 0 Å².